The van der Waals surface area contributed by atoms with Gasteiger partial charge in [-0.1, -0.05) is 13.0 Å². The Labute approximate surface area is 135 Å². The summed E-state index contributed by atoms with van der Waals surface area (Å²) in [6, 6.07) is 11.1. The summed E-state index contributed by atoms with van der Waals surface area (Å²) < 4.78 is 2.19. The van der Waals surface area contributed by atoms with Gasteiger partial charge in [-0.15, -0.1) is 0 Å². The lowest BCUT2D eigenvalue weighted by atomic mass is 10.1. The van der Waals surface area contributed by atoms with Gasteiger partial charge in [-0.25, -0.2) is 9.78 Å². The third kappa shape index (κ3) is 2.90. The number of rotatable bonds is 3. The largest absolute Gasteiger partial charge is 0.348 e. The highest BCUT2D eigenvalue weighted by atomic mass is 16.2. The Morgan fingerprint density at radius 1 is 1.22 bits per heavy atom. The fraction of sp³-hybridized carbons (Fsp3) is 0.222. The second-order valence-corrected chi connectivity index (χ2v) is 5.50. The van der Waals surface area contributed by atoms with Crippen molar-refractivity contribution in [1.29, 1.82) is 0 Å². The lowest BCUT2D eigenvalue weighted by molar-refractivity contribution is 0.262. The number of nitrogens with zero attached hydrogens (tertiary/aromatic N) is 2. The third-order valence-corrected chi connectivity index (χ3v) is 4.14. The summed E-state index contributed by atoms with van der Waals surface area (Å²) >= 11 is 0. The average Bonchev–Trinajstić information content (AvgIpc) is 2.79. The molecule has 2 amide bonds. The van der Waals surface area contributed by atoms with E-state index in [1.165, 1.54) is 22.2 Å². The summed E-state index contributed by atoms with van der Waals surface area (Å²) in [4.78, 5) is 16.2. The van der Waals surface area contributed by atoms with E-state index in [0.29, 0.717) is 5.82 Å². The van der Waals surface area contributed by atoms with Crippen LogP contribution in [0.2, 0.25) is 0 Å². The SMILES string of the molecule is CCc1c(C)n(C)c2ccc(NC(=O)Nc3ccccn3)cc12. The lowest BCUT2D eigenvalue weighted by Gasteiger charge is -2.07. The molecule has 0 atom stereocenters. The molecule has 2 N–H and O–H groups in total. The number of anilines is 2. The van der Waals surface area contributed by atoms with Crippen molar-refractivity contribution in [2.75, 3.05) is 10.6 Å². The van der Waals surface area contributed by atoms with Gasteiger partial charge in [0.1, 0.15) is 5.82 Å². The van der Waals surface area contributed by atoms with Crippen molar-refractivity contribution in [3.05, 3.63) is 53.9 Å². The quantitative estimate of drug-likeness (QED) is 0.765. The van der Waals surface area contributed by atoms with Crippen LogP contribution >= 0.6 is 0 Å². The first kappa shape index (κ1) is 15.1. The molecular weight excluding hydrogens is 288 g/mol. The van der Waals surface area contributed by atoms with Crippen LogP contribution in [0.5, 0.6) is 0 Å². The number of urea groups is 1. The van der Waals surface area contributed by atoms with Crippen LogP contribution in [-0.2, 0) is 13.5 Å². The zero-order valence-electron chi connectivity index (χ0n) is 13.6. The van der Waals surface area contributed by atoms with Crippen LogP contribution < -0.4 is 10.6 Å². The van der Waals surface area contributed by atoms with E-state index in [1.54, 1.807) is 18.3 Å². The zero-order valence-corrected chi connectivity index (χ0v) is 13.6. The minimum atomic E-state index is -0.297. The van der Waals surface area contributed by atoms with Crippen molar-refractivity contribution < 1.29 is 4.79 Å². The number of aryl methyl sites for hydroxylation is 2. The van der Waals surface area contributed by atoms with E-state index in [0.717, 1.165) is 12.1 Å². The molecule has 0 saturated carbocycles. The Balaban J connectivity index is 1.85. The van der Waals surface area contributed by atoms with Crippen molar-refractivity contribution in [1.82, 2.24) is 9.55 Å². The first-order valence-electron chi connectivity index (χ1n) is 7.67. The molecule has 0 spiro atoms. The van der Waals surface area contributed by atoms with Gasteiger partial charge in [0.2, 0.25) is 0 Å². The highest BCUT2D eigenvalue weighted by molar-refractivity contribution is 6.01. The highest BCUT2D eigenvalue weighted by Gasteiger charge is 2.11. The number of nitrogens with one attached hydrogen (secondary N) is 2. The van der Waals surface area contributed by atoms with Crippen LogP contribution in [0.4, 0.5) is 16.3 Å². The number of amides is 2. The number of fused-ring (bicyclic) bond motifs is 1. The molecule has 0 aliphatic carbocycles. The van der Waals surface area contributed by atoms with Crippen LogP contribution in [0.3, 0.4) is 0 Å². The Kier molecular flexibility index (Phi) is 4.02. The van der Waals surface area contributed by atoms with Gasteiger partial charge in [-0.05, 0) is 49.2 Å². The van der Waals surface area contributed by atoms with Gasteiger partial charge in [-0.2, -0.15) is 0 Å². The molecular formula is C18H20N4O. The highest BCUT2D eigenvalue weighted by Crippen LogP contribution is 2.28. The van der Waals surface area contributed by atoms with Gasteiger partial charge in [0, 0.05) is 35.5 Å². The van der Waals surface area contributed by atoms with E-state index in [9.17, 15) is 4.79 Å². The molecule has 2 heterocycles. The van der Waals surface area contributed by atoms with Crippen molar-refractivity contribution in [2.24, 2.45) is 7.05 Å². The Bertz CT molecular complexity index is 852. The number of hydrogen-bond donors (Lipinski definition) is 2. The summed E-state index contributed by atoms with van der Waals surface area (Å²) in [6.07, 6.45) is 2.61. The molecule has 5 heteroatoms. The van der Waals surface area contributed by atoms with Gasteiger partial charge >= 0.3 is 6.03 Å². The molecule has 0 bridgehead atoms. The molecule has 5 nitrogen and oxygen atoms in total. The Morgan fingerprint density at radius 2 is 2.04 bits per heavy atom. The molecule has 2 aromatic heterocycles. The number of benzene rings is 1. The van der Waals surface area contributed by atoms with Gasteiger partial charge in [0.05, 0.1) is 0 Å². The molecule has 23 heavy (non-hydrogen) atoms. The summed E-state index contributed by atoms with van der Waals surface area (Å²) in [7, 11) is 2.07. The van der Waals surface area contributed by atoms with Crippen LogP contribution in [0.1, 0.15) is 18.2 Å². The molecule has 0 radical (unpaired) electrons. The van der Waals surface area contributed by atoms with E-state index < -0.39 is 0 Å². The predicted molar refractivity (Wildman–Crippen MR) is 93.9 cm³/mol. The molecule has 0 fully saturated rings. The Morgan fingerprint density at radius 3 is 2.74 bits per heavy atom. The van der Waals surface area contributed by atoms with Gasteiger partial charge in [0.25, 0.3) is 0 Å². The Hall–Kier alpha value is -2.82. The van der Waals surface area contributed by atoms with E-state index >= 15 is 0 Å². The molecule has 1 aromatic carbocycles. The standard InChI is InChI=1S/C18H20N4O/c1-4-14-12(2)22(3)16-9-8-13(11-15(14)16)20-18(23)21-17-7-5-6-10-19-17/h5-11H,4H2,1-3H3,(H2,19,20,21,23). The first-order valence-corrected chi connectivity index (χ1v) is 7.67. The second kappa shape index (κ2) is 6.12. The molecule has 118 valence electrons. The molecule has 0 unspecified atom stereocenters. The minimum absolute atomic E-state index is 0.297. The minimum Gasteiger partial charge on any atom is -0.348 e. The third-order valence-electron chi connectivity index (χ3n) is 4.14. The number of hydrogen-bond acceptors (Lipinski definition) is 2. The van der Waals surface area contributed by atoms with Gasteiger partial charge < -0.3 is 9.88 Å². The van der Waals surface area contributed by atoms with Gasteiger partial charge in [0.15, 0.2) is 0 Å². The molecule has 0 saturated heterocycles. The normalized spacial score (nSPS) is 10.7. The summed E-state index contributed by atoms with van der Waals surface area (Å²) in [5.41, 5.74) is 4.52. The van der Waals surface area contributed by atoms with Crippen LogP contribution in [0.15, 0.2) is 42.6 Å². The van der Waals surface area contributed by atoms with E-state index in [4.69, 9.17) is 0 Å². The number of pyridine rings is 1. The smallest absolute Gasteiger partial charge is 0.324 e. The maximum absolute atomic E-state index is 12.1. The lowest BCUT2D eigenvalue weighted by Crippen LogP contribution is -2.19. The monoisotopic (exact) mass is 308 g/mol. The summed E-state index contributed by atoms with van der Waals surface area (Å²) in [5.74, 6) is 0.524. The fourth-order valence-corrected chi connectivity index (χ4v) is 2.89. The number of aromatic nitrogens is 2. The van der Waals surface area contributed by atoms with Crippen LogP contribution in [0, 0.1) is 6.92 Å². The molecule has 3 aromatic rings. The number of carbonyl (C=O) groups excluding carboxylic acids is 1. The number of carbonyl (C=O) groups is 1. The van der Waals surface area contributed by atoms with Crippen molar-refractivity contribution in [2.45, 2.75) is 20.3 Å². The van der Waals surface area contributed by atoms with Crippen LogP contribution in [0.25, 0.3) is 10.9 Å². The van der Waals surface area contributed by atoms with Crippen molar-refractivity contribution in [3.63, 3.8) is 0 Å². The summed E-state index contributed by atoms with van der Waals surface area (Å²) in [6.45, 7) is 4.27. The van der Waals surface area contributed by atoms with E-state index in [1.807, 2.05) is 24.3 Å². The second-order valence-electron chi connectivity index (χ2n) is 5.50. The fourth-order valence-electron chi connectivity index (χ4n) is 2.89. The van der Waals surface area contributed by atoms with Crippen molar-refractivity contribution >= 4 is 28.4 Å². The summed E-state index contributed by atoms with van der Waals surface area (Å²) in [5, 5.41) is 6.76. The first-order chi connectivity index (χ1) is 11.1. The predicted octanol–water partition coefficient (Wildman–Crippen LogP) is 4.09. The molecule has 3 rings (SSSR count). The van der Waals surface area contributed by atoms with Crippen LogP contribution in [-0.4, -0.2) is 15.6 Å². The van der Waals surface area contributed by atoms with E-state index in [2.05, 4.69) is 41.1 Å². The average molecular weight is 308 g/mol. The molecule has 0 aliphatic heterocycles. The maximum atomic E-state index is 12.1. The zero-order chi connectivity index (χ0) is 16.4. The van der Waals surface area contributed by atoms with E-state index in [-0.39, 0.29) is 6.03 Å². The van der Waals surface area contributed by atoms with Gasteiger partial charge in [-0.3, -0.25) is 5.32 Å². The topological polar surface area (TPSA) is 59.0 Å². The maximum Gasteiger partial charge on any atom is 0.324 e. The van der Waals surface area contributed by atoms with Crippen molar-refractivity contribution in [3.8, 4) is 0 Å². The molecule has 0 aliphatic rings.